The Morgan fingerprint density at radius 2 is 1.94 bits per heavy atom. The first-order valence-electron chi connectivity index (χ1n) is 5.79. The Balaban J connectivity index is 2.21. The van der Waals surface area contributed by atoms with Crippen LogP contribution in [0.2, 0.25) is 0 Å². The van der Waals surface area contributed by atoms with Crippen molar-refractivity contribution in [2.75, 3.05) is 0 Å². The Kier molecular flexibility index (Phi) is 3.29. The first-order valence-corrected chi connectivity index (χ1v) is 5.79. The van der Waals surface area contributed by atoms with E-state index in [1.807, 2.05) is 19.3 Å². The fourth-order valence-corrected chi connectivity index (χ4v) is 2.09. The van der Waals surface area contributed by atoms with Crippen LogP contribution in [0.3, 0.4) is 0 Å². The van der Waals surface area contributed by atoms with Gasteiger partial charge in [-0.15, -0.1) is 0 Å². The normalized spacial score (nSPS) is 12.7. The van der Waals surface area contributed by atoms with Crippen LogP contribution in [0, 0.1) is 13.8 Å². The molecule has 0 saturated heterocycles. The summed E-state index contributed by atoms with van der Waals surface area (Å²) in [5.74, 6) is 0. The minimum absolute atomic E-state index is 0.483. The zero-order chi connectivity index (χ0) is 12.4. The molecule has 0 radical (unpaired) electrons. The third kappa shape index (κ3) is 2.56. The van der Waals surface area contributed by atoms with Crippen molar-refractivity contribution in [2.24, 2.45) is 7.05 Å². The van der Waals surface area contributed by atoms with Gasteiger partial charge in [0.2, 0.25) is 0 Å². The van der Waals surface area contributed by atoms with Crippen molar-refractivity contribution >= 4 is 0 Å². The molecule has 1 aromatic carbocycles. The molecule has 1 atom stereocenters. The third-order valence-corrected chi connectivity index (χ3v) is 3.15. The summed E-state index contributed by atoms with van der Waals surface area (Å²) in [6, 6.07) is 6.21. The molecule has 3 nitrogen and oxygen atoms in total. The molecule has 1 heterocycles. The van der Waals surface area contributed by atoms with Gasteiger partial charge in [-0.3, -0.25) is 4.68 Å². The van der Waals surface area contributed by atoms with Crippen molar-refractivity contribution in [1.29, 1.82) is 0 Å². The number of benzene rings is 1. The van der Waals surface area contributed by atoms with Crippen LogP contribution in [-0.4, -0.2) is 14.9 Å². The zero-order valence-electron chi connectivity index (χ0n) is 10.5. The summed E-state index contributed by atoms with van der Waals surface area (Å²) in [6.07, 6.45) is 3.74. The molecular weight excluding hydrogens is 212 g/mol. The van der Waals surface area contributed by atoms with E-state index in [1.165, 1.54) is 16.7 Å². The molecule has 0 fully saturated rings. The molecule has 0 spiro atoms. The smallest absolute Gasteiger partial charge is 0.0861 e. The van der Waals surface area contributed by atoms with E-state index >= 15 is 0 Å². The van der Waals surface area contributed by atoms with Crippen LogP contribution in [-0.2, 0) is 13.5 Å². The van der Waals surface area contributed by atoms with Crippen molar-refractivity contribution in [2.45, 2.75) is 26.4 Å². The highest BCUT2D eigenvalue weighted by molar-refractivity contribution is 5.34. The van der Waals surface area contributed by atoms with Crippen molar-refractivity contribution in [3.8, 4) is 0 Å². The number of rotatable bonds is 3. The summed E-state index contributed by atoms with van der Waals surface area (Å²) in [7, 11) is 1.86. The molecule has 1 N–H and O–H groups in total. The molecule has 1 unspecified atom stereocenters. The quantitative estimate of drug-likeness (QED) is 0.878. The van der Waals surface area contributed by atoms with Crippen molar-refractivity contribution in [3.05, 3.63) is 52.8 Å². The maximum absolute atomic E-state index is 10.2. The van der Waals surface area contributed by atoms with Gasteiger partial charge in [0, 0.05) is 25.2 Å². The number of hydrogen-bond donors (Lipinski definition) is 1. The second-order valence-corrected chi connectivity index (χ2v) is 4.54. The number of hydrogen-bond acceptors (Lipinski definition) is 2. The van der Waals surface area contributed by atoms with Gasteiger partial charge in [0.15, 0.2) is 0 Å². The highest BCUT2D eigenvalue weighted by Gasteiger charge is 2.13. The van der Waals surface area contributed by atoms with Crippen LogP contribution in [0.15, 0.2) is 30.6 Å². The predicted molar refractivity (Wildman–Crippen MR) is 67.8 cm³/mol. The Bertz CT molecular complexity index is 496. The van der Waals surface area contributed by atoms with Crippen LogP contribution in [0.1, 0.15) is 28.4 Å². The second kappa shape index (κ2) is 4.72. The molecular formula is C14H18N2O. The van der Waals surface area contributed by atoms with Crippen LogP contribution >= 0.6 is 0 Å². The highest BCUT2D eigenvalue weighted by atomic mass is 16.3. The van der Waals surface area contributed by atoms with Gasteiger partial charge < -0.3 is 5.11 Å². The molecule has 90 valence electrons. The molecule has 0 saturated carbocycles. The maximum Gasteiger partial charge on any atom is 0.0861 e. The predicted octanol–water partition coefficient (Wildman–Crippen LogP) is 2.31. The maximum atomic E-state index is 10.2. The number of nitrogens with zero attached hydrogens (tertiary/aromatic N) is 2. The van der Waals surface area contributed by atoms with Gasteiger partial charge in [0.1, 0.15) is 0 Å². The summed E-state index contributed by atoms with van der Waals surface area (Å²) >= 11 is 0. The van der Waals surface area contributed by atoms with E-state index in [9.17, 15) is 5.11 Å². The Morgan fingerprint density at radius 3 is 2.47 bits per heavy atom. The Hall–Kier alpha value is -1.61. The van der Waals surface area contributed by atoms with E-state index in [0.717, 1.165) is 5.56 Å². The zero-order valence-corrected chi connectivity index (χ0v) is 10.5. The fraction of sp³-hybridized carbons (Fsp3) is 0.357. The number of aliphatic hydroxyl groups excluding tert-OH is 1. The van der Waals surface area contributed by atoms with Crippen LogP contribution in [0.25, 0.3) is 0 Å². The minimum Gasteiger partial charge on any atom is -0.388 e. The average Bonchev–Trinajstić information content (AvgIpc) is 2.70. The molecule has 2 rings (SSSR count). The molecule has 0 aliphatic heterocycles. The topological polar surface area (TPSA) is 38.1 Å². The third-order valence-electron chi connectivity index (χ3n) is 3.15. The molecule has 0 aliphatic carbocycles. The lowest BCUT2D eigenvalue weighted by atomic mass is 9.96. The molecule has 0 bridgehead atoms. The SMILES string of the molecule is Cc1cccc(C)c1CC(O)c1cnn(C)c1. The summed E-state index contributed by atoms with van der Waals surface area (Å²) in [6.45, 7) is 4.16. The van der Waals surface area contributed by atoms with Gasteiger partial charge in [0.25, 0.3) is 0 Å². The van der Waals surface area contributed by atoms with Crippen molar-refractivity contribution in [3.63, 3.8) is 0 Å². The summed E-state index contributed by atoms with van der Waals surface area (Å²) in [4.78, 5) is 0. The summed E-state index contributed by atoms with van der Waals surface area (Å²) in [5.41, 5.74) is 4.56. The number of aryl methyl sites for hydroxylation is 3. The minimum atomic E-state index is -0.483. The lowest BCUT2D eigenvalue weighted by Crippen LogP contribution is -2.04. The largest absolute Gasteiger partial charge is 0.388 e. The molecule has 0 aliphatic rings. The van der Waals surface area contributed by atoms with E-state index in [1.54, 1.807) is 10.9 Å². The van der Waals surface area contributed by atoms with Crippen molar-refractivity contribution in [1.82, 2.24) is 9.78 Å². The van der Waals surface area contributed by atoms with Crippen LogP contribution in [0.4, 0.5) is 0 Å². The van der Waals surface area contributed by atoms with E-state index < -0.39 is 6.10 Å². The van der Waals surface area contributed by atoms with E-state index in [0.29, 0.717) is 6.42 Å². The standard InChI is InChI=1S/C14H18N2O/c1-10-5-4-6-11(2)13(10)7-14(17)12-8-15-16(3)9-12/h4-6,8-9,14,17H,7H2,1-3H3. The second-order valence-electron chi connectivity index (χ2n) is 4.54. The van der Waals surface area contributed by atoms with E-state index in [4.69, 9.17) is 0 Å². The summed E-state index contributed by atoms with van der Waals surface area (Å²) < 4.78 is 1.71. The highest BCUT2D eigenvalue weighted by Crippen LogP contribution is 2.22. The van der Waals surface area contributed by atoms with Gasteiger partial charge >= 0.3 is 0 Å². The average molecular weight is 230 g/mol. The number of aliphatic hydroxyl groups is 1. The summed E-state index contributed by atoms with van der Waals surface area (Å²) in [5, 5.41) is 14.3. The van der Waals surface area contributed by atoms with Crippen molar-refractivity contribution < 1.29 is 5.11 Å². The van der Waals surface area contributed by atoms with Crippen LogP contribution < -0.4 is 0 Å². The van der Waals surface area contributed by atoms with Gasteiger partial charge in [-0.2, -0.15) is 5.10 Å². The first-order chi connectivity index (χ1) is 8.08. The Labute approximate surface area is 102 Å². The van der Waals surface area contributed by atoms with E-state index in [2.05, 4.69) is 31.1 Å². The van der Waals surface area contributed by atoms with Gasteiger partial charge in [-0.1, -0.05) is 18.2 Å². The van der Waals surface area contributed by atoms with Crippen LogP contribution in [0.5, 0.6) is 0 Å². The van der Waals surface area contributed by atoms with Gasteiger partial charge in [-0.05, 0) is 30.5 Å². The molecule has 3 heteroatoms. The monoisotopic (exact) mass is 230 g/mol. The van der Waals surface area contributed by atoms with E-state index in [-0.39, 0.29) is 0 Å². The van der Waals surface area contributed by atoms with Gasteiger partial charge in [0.05, 0.1) is 12.3 Å². The lowest BCUT2D eigenvalue weighted by Gasteiger charge is -2.13. The molecule has 1 aromatic heterocycles. The number of aromatic nitrogens is 2. The molecule has 0 amide bonds. The molecule has 17 heavy (non-hydrogen) atoms. The Morgan fingerprint density at radius 1 is 1.29 bits per heavy atom. The lowest BCUT2D eigenvalue weighted by molar-refractivity contribution is 0.178. The first kappa shape index (κ1) is 11.9. The molecule has 2 aromatic rings. The fourth-order valence-electron chi connectivity index (χ4n) is 2.09. The van der Waals surface area contributed by atoms with Gasteiger partial charge in [-0.25, -0.2) is 0 Å².